The van der Waals surface area contributed by atoms with Gasteiger partial charge in [0.1, 0.15) is 5.82 Å². The lowest BCUT2D eigenvalue weighted by Gasteiger charge is -2.29. The van der Waals surface area contributed by atoms with Crippen LogP contribution in [0.1, 0.15) is 47.9 Å². The van der Waals surface area contributed by atoms with Gasteiger partial charge in [-0.15, -0.1) is 0 Å². The molecule has 1 amide bonds. The van der Waals surface area contributed by atoms with Crippen LogP contribution in [-0.4, -0.2) is 44.5 Å². The molecule has 1 saturated carbocycles. The summed E-state index contributed by atoms with van der Waals surface area (Å²) in [4.78, 5) is 19.1. The van der Waals surface area contributed by atoms with Gasteiger partial charge in [0.25, 0.3) is 5.91 Å². The van der Waals surface area contributed by atoms with E-state index in [0.29, 0.717) is 24.7 Å². The van der Waals surface area contributed by atoms with Crippen molar-refractivity contribution >= 4 is 11.4 Å². The zero-order valence-corrected chi connectivity index (χ0v) is 11.9. The van der Waals surface area contributed by atoms with Crippen molar-refractivity contribution in [3.05, 3.63) is 35.9 Å². The summed E-state index contributed by atoms with van der Waals surface area (Å²) in [5, 5.41) is 9.77. The third-order valence-corrected chi connectivity index (χ3v) is 4.40. The SMILES string of the molecule is O=C(c1nc(C2CC2)n2ccccc12)N1CCCC(O)C1. The maximum atomic E-state index is 12.8. The van der Waals surface area contributed by atoms with Gasteiger partial charge in [-0.3, -0.25) is 4.79 Å². The van der Waals surface area contributed by atoms with Crippen LogP contribution in [0.3, 0.4) is 0 Å². The van der Waals surface area contributed by atoms with Gasteiger partial charge in [0, 0.05) is 25.2 Å². The summed E-state index contributed by atoms with van der Waals surface area (Å²) in [7, 11) is 0. The second kappa shape index (κ2) is 4.84. The van der Waals surface area contributed by atoms with Crippen molar-refractivity contribution in [2.24, 2.45) is 0 Å². The molecule has 0 radical (unpaired) electrons. The number of imidazole rings is 1. The Balaban J connectivity index is 1.74. The molecule has 5 heteroatoms. The Labute approximate surface area is 123 Å². The minimum atomic E-state index is -0.403. The maximum Gasteiger partial charge on any atom is 0.274 e. The number of hydrogen-bond acceptors (Lipinski definition) is 3. The number of rotatable bonds is 2. The van der Waals surface area contributed by atoms with Gasteiger partial charge in [0.15, 0.2) is 5.69 Å². The average molecular weight is 285 g/mol. The molecule has 2 fully saturated rings. The first-order chi connectivity index (χ1) is 10.2. The highest BCUT2D eigenvalue weighted by Crippen LogP contribution is 2.40. The molecular formula is C16H19N3O2. The summed E-state index contributed by atoms with van der Waals surface area (Å²) in [6.45, 7) is 1.13. The molecule has 1 aliphatic carbocycles. The van der Waals surface area contributed by atoms with Gasteiger partial charge in [0.2, 0.25) is 0 Å². The molecule has 5 nitrogen and oxygen atoms in total. The van der Waals surface area contributed by atoms with E-state index in [-0.39, 0.29) is 5.91 Å². The van der Waals surface area contributed by atoms with Crippen LogP contribution in [0, 0.1) is 0 Å². The molecule has 1 aliphatic heterocycles. The number of aromatic nitrogens is 2. The summed E-state index contributed by atoms with van der Waals surface area (Å²) in [6.07, 6.45) is 5.53. The summed E-state index contributed by atoms with van der Waals surface area (Å²) >= 11 is 0. The second-order valence-corrected chi connectivity index (χ2v) is 6.10. The number of likely N-dealkylation sites (tertiary alicyclic amines) is 1. The van der Waals surface area contributed by atoms with Crippen LogP contribution in [0.25, 0.3) is 5.52 Å². The number of carbonyl (C=O) groups is 1. The van der Waals surface area contributed by atoms with E-state index in [4.69, 9.17) is 0 Å². The number of aliphatic hydroxyl groups is 1. The molecule has 21 heavy (non-hydrogen) atoms. The number of fused-ring (bicyclic) bond motifs is 1. The second-order valence-electron chi connectivity index (χ2n) is 6.10. The van der Waals surface area contributed by atoms with Crippen LogP contribution < -0.4 is 0 Å². The van der Waals surface area contributed by atoms with E-state index in [1.54, 1.807) is 4.90 Å². The Morgan fingerprint density at radius 1 is 1.29 bits per heavy atom. The third-order valence-electron chi connectivity index (χ3n) is 4.40. The molecular weight excluding hydrogens is 266 g/mol. The normalized spacial score (nSPS) is 22.7. The van der Waals surface area contributed by atoms with Gasteiger partial charge in [-0.25, -0.2) is 4.98 Å². The van der Waals surface area contributed by atoms with Crippen LogP contribution in [0.2, 0.25) is 0 Å². The van der Waals surface area contributed by atoms with E-state index in [1.165, 1.54) is 0 Å². The highest BCUT2D eigenvalue weighted by Gasteiger charge is 2.32. The first-order valence-electron chi connectivity index (χ1n) is 7.68. The van der Waals surface area contributed by atoms with Gasteiger partial charge in [-0.05, 0) is 37.8 Å². The number of β-amino-alcohol motifs (C(OH)–C–C–N with tert-alkyl or cyclic N) is 1. The van der Waals surface area contributed by atoms with Crippen molar-refractivity contribution < 1.29 is 9.90 Å². The largest absolute Gasteiger partial charge is 0.391 e. The Bertz CT molecular complexity index is 690. The quantitative estimate of drug-likeness (QED) is 0.915. The fraction of sp³-hybridized carbons (Fsp3) is 0.500. The molecule has 0 aromatic carbocycles. The number of piperidine rings is 1. The van der Waals surface area contributed by atoms with Crippen molar-refractivity contribution in [2.45, 2.75) is 37.7 Å². The molecule has 2 aromatic rings. The molecule has 110 valence electrons. The van der Waals surface area contributed by atoms with Gasteiger partial charge < -0.3 is 14.4 Å². The first kappa shape index (κ1) is 12.8. The summed E-state index contributed by atoms with van der Waals surface area (Å²) in [5.74, 6) is 1.45. The molecule has 1 atom stereocenters. The monoisotopic (exact) mass is 285 g/mol. The van der Waals surface area contributed by atoms with Crippen LogP contribution in [0.5, 0.6) is 0 Å². The van der Waals surface area contributed by atoms with Crippen molar-refractivity contribution in [3.8, 4) is 0 Å². The molecule has 0 spiro atoms. The zero-order chi connectivity index (χ0) is 14.4. The summed E-state index contributed by atoms with van der Waals surface area (Å²) < 4.78 is 2.05. The van der Waals surface area contributed by atoms with E-state index in [0.717, 1.165) is 37.0 Å². The van der Waals surface area contributed by atoms with E-state index in [2.05, 4.69) is 4.98 Å². The van der Waals surface area contributed by atoms with Crippen LogP contribution in [0.4, 0.5) is 0 Å². The predicted molar refractivity (Wildman–Crippen MR) is 78.3 cm³/mol. The van der Waals surface area contributed by atoms with Crippen molar-refractivity contribution in [2.75, 3.05) is 13.1 Å². The van der Waals surface area contributed by atoms with Gasteiger partial charge in [-0.2, -0.15) is 0 Å². The number of carbonyl (C=O) groups excluding carboxylic acids is 1. The van der Waals surface area contributed by atoms with E-state index >= 15 is 0 Å². The van der Waals surface area contributed by atoms with E-state index < -0.39 is 6.10 Å². The van der Waals surface area contributed by atoms with Crippen molar-refractivity contribution in [3.63, 3.8) is 0 Å². The molecule has 4 rings (SSSR count). The first-order valence-corrected chi connectivity index (χ1v) is 7.68. The van der Waals surface area contributed by atoms with Crippen LogP contribution in [0.15, 0.2) is 24.4 Å². The molecule has 2 aromatic heterocycles. The molecule has 1 N–H and O–H groups in total. The number of hydrogen-bond donors (Lipinski definition) is 1. The number of aliphatic hydroxyl groups excluding tert-OH is 1. The average Bonchev–Trinajstić information content (AvgIpc) is 3.27. The Morgan fingerprint density at radius 2 is 2.14 bits per heavy atom. The van der Waals surface area contributed by atoms with Gasteiger partial charge in [-0.1, -0.05) is 6.07 Å². The number of nitrogens with zero attached hydrogens (tertiary/aromatic N) is 3. The molecule has 3 heterocycles. The minimum absolute atomic E-state index is 0.0515. The number of amides is 1. The van der Waals surface area contributed by atoms with Gasteiger partial charge in [0.05, 0.1) is 11.6 Å². The Hall–Kier alpha value is -1.88. The highest BCUT2D eigenvalue weighted by atomic mass is 16.3. The van der Waals surface area contributed by atoms with Crippen LogP contribution in [-0.2, 0) is 0 Å². The zero-order valence-electron chi connectivity index (χ0n) is 11.9. The van der Waals surface area contributed by atoms with E-state index in [9.17, 15) is 9.90 Å². The Kier molecular flexibility index (Phi) is 2.96. The molecule has 2 aliphatic rings. The van der Waals surface area contributed by atoms with Crippen molar-refractivity contribution in [1.29, 1.82) is 0 Å². The molecule has 0 bridgehead atoms. The van der Waals surface area contributed by atoms with Crippen LogP contribution >= 0.6 is 0 Å². The lowest BCUT2D eigenvalue weighted by Crippen LogP contribution is -2.42. The van der Waals surface area contributed by atoms with Gasteiger partial charge >= 0.3 is 0 Å². The maximum absolute atomic E-state index is 12.8. The predicted octanol–water partition coefficient (Wildman–Crippen LogP) is 1.81. The lowest BCUT2D eigenvalue weighted by atomic mass is 10.1. The van der Waals surface area contributed by atoms with E-state index in [1.807, 2.05) is 28.8 Å². The topological polar surface area (TPSA) is 57.8 Å². The fourth-order valence-electron chi connectivity index (χ4n) is 3.14. The number of pyridine rings is 1. The molecule has 1 unspecified atom stereocenters. The minimum Gasteiger partial charge on any atom is -0.391 e. The third kappa shape index (κ3) is 2.21. The summed E-state index contributed by atoms with van der Waals surface area (Å²) in [5.41, 5.74) is 1.41. The van der Waals surface area contributed by atoms with Crippen molar-refractivity contribution in [1.82, 2.24) is 14.3 Å². The highest BCUT2D eigenvalue weighted by molar-refractivity contribution is 5.99. The lowest BCUT2D eigenvalue weighted by molar-refractivity contribution is 0.0471. The fourth-order valence-corrected chi connectivity index (χ4v) is 3.14. The molecule has 1 saturated heterocycles. The Morgan fingerprint density at radius 3 is 2.90 bits per heavy atom. The summed E-state index contributed by atoms with van der Waals surface area (Å²) in [6, 6.07) is 5.86. The standard InChI is InChI=1S/C16H19N3O2/c20-12-4-3-8-18(10-12)16(21)14-13-5-1-2-9-19(13)15(17-14)11-6-7-11/h1-2,5,9,11-12,20H,3-4,6-8,10H2. The smallest absolute Gasteiger partial charge is 0.274 e.